The van der Waals surface area contributed by atoms with Crippen LogP contribution in [-0.2, 0) is 9.53 Å². The molecule has 0 aliphatic carbocycles. The van der Waals surface area contributed by atoms with Gasteiger partial charge in [-0.25, -0.2) is 14.8 Å². The van der Waals surface area contributed by atoms with E-state index < -0.39 is 12.1 Å². The zero-order chi connectivity index (χ0) is 28.5. The van der Waals surface area contributed by atoms with Gasteiger partial charge in [-0.1, -0.05) is 19.1 Å². The van der Waals surface area contributed by atoms with Crippen LogP contribution in [0.2, 0.25) is 0 Å². The van der Waals surface area contributed by atoms with E-state index in [4.69, 9.17) is 30.1 Å². The minimum absolute atomic E-state index is 0.112. The molecule has 0 saturated carbocycles. The number of ether oxygens (including phenoxy) is 2. The van der Waals surface area contributed by atoms with Crippen LogP contribution in [0.1, 0.15) is 19.8 Å². The van der Waals surface area contributed by atoms with Crippen molar-refractivity contribution in [3.05, 3.63) is 54.9 Å². The number of benzene rings is 2. The number of carbonyl (C=O) groups is 1. The van der Waals surface area contributed by atoms with E-state index in [0.29, 0.717) is 12.6 Å². The number of halogens is 3. The maximum Gasteiger partial charge on any atom is 0.490 e. The van der Waals surface area contributed by atoms with E-state index in [1.54, 1.807) is 0 Å². The van der Waals surface area contributed by atoms with Gasteiger partial charge in [0.15, 0.2) is 0 Å². The molecule has 0 bridgehead atoms. The van der Waals surface area contributed by atoms with Gasteiger partial charge in [-0.3, -0.25) is 4.57 Å². The first-order valence-corrected chi connectivity index (χ1v) is 12.9. The smallest absolute Gasteiger partial charge is 0.490 e. The van der Waals surface area contributed by atoms with Gasteiger partial charge < -0.3 is 25.2 Å². The molecular formula is C28H30F3N5O4. The van der Waals surface area contributed by atoms with Crippen LogP contribution < -0.4 is 15.4 Å². The van der Waals surface area contributed by atoms with Gasteiger partial charge in [0, 0.05) is 36.0 Å². The summed E-state index contributed by atoms with van der Waals surface area (Å²) < 4.78 is 45.1. The summed E-state index contributed by atoms with van der Waals surface area (Å²) in [5.74, 6) is -1.07. The fourth-order valence-corrected chi connectivity index (χ4v) is 4.71. The minimum Gasteiger partial charge on any atom is -0.493 e. The largest absolute Gasteiger partial charge is 0.493 e. The highest BCUT2D eigenvalue weighted by molar-refractivity contribution is 5.92. The molecule has 2 aliphatic rings. The Morgan fingerprint density at radius 2 is 1.90 bits per heavy atom. The van der Waals surface area contributed by atoms with E-state index in [0.717, 1.165) is 72.6 Å². The first kappa shape index (κ1) is 27.7. The molecular weight excluding hydrogens is 527 g/mol. The second-order valence-electron chi connectivity index (χ2n) is 10.5. The van der Waals surface area contributed by atoms with Gasteiger partial charge in [0.1, 0.15) is 17.9 Å². The molecule has 6 rings (SSSR count). The molecule has 2 aromatic heterocycles. The summed E-state index contributed by atoms with van der Waals surface area (Å²) in [5.41, 5.74) is 10.3. The van der Waals surface area contributed by atoms with E-state index in [2.05, 4.69) is 53.2 Å². The van der Waals surface area contributed by atoms with Crippen molar-refractivity contribution in [2.75, 3.05) is 37.8 Å². The number of anilines is 1. The number of hydrogen-bond acceptors (Lipinski definition) is 7. The Morgan fingerprint density at radius 1 is 1.18 bits per heavy atom. The van der Waals surface area contributed by atoms with Crippen molar-refractivity contribution in [3.8, 4) is 11.6 Å². The molecule has 9 nitrogen and oxygen atoms in total. The summed E-state index contributed by atoms with van der Waals surface area (Å²) in [4.78, 5) is 21.0. The molecule has 2 aromatic carbocycles. The second kappa shape index (κ2) is 10.9. The van der Waals surface area contributed by atoms with E-state index in [1.165, 1.54) is 5.69 Å². The van der Waals surface area contributed by atoms with Crippen molar-refractivity contribution in [2.24, 2.45) is 11.1 Å². The number of aromatic nitrogens is 3. The monoisotopic (exact) mass is 557 g/mol. The predicted molar refractivity (Wildman–Crippen MR) is 144 cm³/mol. The molecule has 4 heterocycles. The molecule has 0 amide bonds. The number of aliphatic carboxylic acids is 1. The number of piperidine rings is 1. The van der Waals surface area contributed by atoms with Gasteiger partial charge in [-0.05, 0) is 43.2 Å². The number of nitrogens with zero attached hydrogens (tertiary/aromatic N) is 4. The summed E-state index contributed by atoms with van der Waals surface area (Å²) in [7, 11) is 0. The van der Waals surface area contributed by atoms with Crippen molar-refractivity contribution < 1.29 is 32.5 Å². The summed E-state index contributed by atoms with van der Waals surface area (Å²) >= 11 is 0. The van der Waals surface area contributed by atoms with Gasteiger partial charge >= 0.3 is 12.1 Å². The Balaban J connectivity index is 0.000000411. The molecule has 40 heavy (non-hydrogen) atoms. The Bertz CT molecular complexity index is 1510. The lowest BCUT2D eigenvalue weighted by Crippen LogP contribution is -2.44. The number of alkyl halides is 3. The number of imidazole rings is 1. The van der Waals surface area contributed by atoms with Crippen molar-refractivity contribution >= 4 is 33.6 Å². The Morgan fingerprint density at radius 3 is 2.55 bits per heavy atom. The highest BCUT2D eigenvalue weighted by Gasteiger charge is 2.38. The first-order valence-electron chi connectivity index (χ1n) is 12.9. The fraction of sp³-hybridized carbons (Fsp3) is 0.393. The summed E-state index contributed by atoms with van der Waals surface area (Å²) in [6.45, 7) is 6.27. The van der Waals surface area contributed by atoms with Gasteiger partial charge in [-0.2, -0.15) is 13.2 Å². The highest BCUT2D eigenvalue weighted by atomic mass is 19.4. The number of hydrogen-bond donors (Lipinski definition) is 2. The lowest BCUT2D eigenvalue weighted by atomic mass is 9.90. The number of carboxylic acid groups (broad SMARTS) is 1. The van der Waals surface area contributed by atoms with Crippen LogP contribution in [0.25, 0.3) is 27.8 Å². The van der Waals surface area contributed by atoms with Gasteiger partial charge in [0.05, 0.1) is 42.1 Å². The van der Waals surface area contributed by atoms with Crippen LogP contribution in [-0.4, -0.2) is 70.7 Å². The summed E-state index contributed by atoms with van der Waals surface area (Å²) in [6.07, 6.45) is -1.22. The standard InChI is InChI=1S/C26H29N5O2.C2HF3O2/c1-26(14-32-15-26)16-33-20-6-7-22-21(13-20)28-17-31(22)24-8-5-18-3-2-4-23(25(18)29-24)30-11-9-19(27)10-12-30;3-2(4,5)1(6)7/h2-8,13,17,19H,9-12,14-16,27H2,1H3;(H,6,7). The highest BCUT2D eigenvalue weighted by Crippen LogP contribution is 2.31. The lowest BCUT2D eigenvalue weighted by Gasteiger charge is -2.37. The third-order valence-corrected chi connectivity index (χ3v) is 7.06. The zero-order valence-electron chi connectivity index (χ0n) is 21.9. The van der Waals surface area contributed by atoms with E-state index in [-0.39, 0.29) is 5.41 Å². The van der Waals surface area contributed by atoms with Crippen LogP contribution in [0.3, 0.4) is 0 Å². The summed E-state index contributed by atoms with van der Waals surface area (Å²) in [5, 5.41) is 8.26. The lowest BCUT2D eigenvalue weighted by molar-refractivity contribution is -0.192. The van der Waals surface area contributed by atoms with Crippen LogP contribution in [0, 0.1) is 5.41 Å². The minimum atomic E-state index is -5.08. The number of fused-ring (bicyclic) bond motifs is 2. The number of carboxylic acids is 1. The van der Waals surface area contributed by atoms with Crippen LogP contribution in [0.5, 0.6) is 5.75 Å². The number of pyridine rings is 1. The Labute approximate surface area is 228 Å². The molecule has 12 heteroatoms. The SMILES string of the molecule is CC1(COc2ccc3c(c2)ncn3-c2ccc3cccc(N4CCC(N)CC4)c3n2)COC1.O=C(O)C(F)(F)F. The van der Waals surface area contributed by atoms with E-state index in [9.17, 15) is 13.2 Å². The molecule has 0 radical (unpaired) electrons. The van der Waals surface area contributed by atoms with Crippen molar-refractivity contribution in [1.82, 2.24) is 14.5 Å². The molecule has 0 atom stereocenters. The van der Waals surface area contributed by atoms with E-state index in [1.807, 2.05) is 23.0 Å². The van der Waals surface area contributed by atoms with Crippen LogP contribution in [0.4, 0.5) is 18.9 Å². The van der Waals surface area contributed by atoms with Crippen molar-refractivity contribution in [1.29, 1.82) is 0 Å². The van der Waals surface area contributed by atoms with Crippen LogP contribution >= 0.6 is 0 Å². The van der Waals surface area contributed by atoms with Gasteiger partial charge in [0.2, 0.25) is 0 Å². The third kappa shape index (κ3) is 5.97. The van der Waals surface area contributed by atoms with Crippen molar-refractivity contribution in [2.45, 2.75) is 32.0 Å². The Kier molecular flexibility index (Phi) is 7.56. The summed E-state index contributed by atoms with van der Waals surface area (Å²) in [6, 6.07) is 17.0. The topological polar surface area (TPSA) is 116 Å². The van der Waals surface area contributed by atoms with Gasteiger partial charge in [0.25, 0.3) is 0 Å². The van der Waals surface area contributed by atoms with Gasteiger partial charge in [-0.15, -0.1) is 0 Å². The average Bonchev–Trinajstić information content (AvgIpc) is 3.34. The van der Waals surface area contributed by atoms with E-state index >= 15 is 0 Å². The molecule has 0 spiro atoms. The quantitative estimate of drug-likeness (QED) is 0.367. The first-order chi connectivity index (χ1) is 19.0. The van der Waals surface area contributed by atoms with Crippen molar-refractivity contribution in [3.63, 3.8) is 0 Å². The molecule has 2 aliphatic heterocycles. The maximum atomic E-state index is 10.6. The predicted octanol–water partition coefficient (Wildman–Crippen LogP) is 4.55. The molecule has 2 fully saturated rings. The molecule has 2 saturated heterocycles. The number of para-hydroxylation sites is 1. The number of nitrogens with two attached hydrogens (primary N) is 1. The Hall–Kier alpha value is -3.90. The average molecular weight is 558 g/mol. The zero-order valence-corrected chi connectivity index (χ0v) is 21.9. The molecule has 3 N–H and O–H groups in total. The molecule has 0 unspecified atom stereocenters. The third-order valence-electron chi connectivity index (χ3n) is 7.06. The molecule has 212 valence electrons. The molecule has 4 aromatic rings. The second-order valence-corrected chi connectivity index (χ2v) is 10.5. The number of rotatable bonds is 5. The van der Waals surface area contributed by atoms with Crippen LogP contribution in [0.15, 0.2) is 54.9 Å². The fourth-order valence-electron chi connectivity index (χ4n) is 4.71. The maximum absolute atomic E-state index is 10.6. The normalized spacial score (nSPS) is 17.3.